The lowest BCUT2D eigenvalue weighted by Crippen LogP contribution is -2.26. The fourth-order valence-corrected chi connectivity index (χ4v) is 2.76. The SMILES string of the molecule is COc1cc(C(=O)N(C)Cc2ccc(C(F)(F)F)cc2)cc(Cl)c1OCC(N)=O. The summed E-state index contributed by atoms with van der Waals surface area (Å²) in [6.45, 7) is -0.339. The molecule has 2 aromatic carbocycles. The van der Waals surface area contributed by atoms with E-state index in [4.69, 9.17) is 26.8 Å². The van der Waals surface area contributed by atoms with E-state index in [1.807, 2.05) is 0 Å². The Kier molecular flexibility index (Phi) is 6.97. The average molecular weight is 431 g/mol. The Balaban J connectivity index is 2.18. The predicted octanol–water partition coefficient (Wildman–Crippen LogP) is 3.50. The molecule has 0 spiro atoms. The molecule has 0 heterocycles. The van der Waals surface area contributed by atoms with Crippen LogP contribution >= 0.6 is 11.6 Å². The van der Waals surface area contributed by atoms with Crippen LogP contribution < -0.4 is 15.2 Å². The molecule has 0 aromatic heterocycles. The second-order valence-corrected chi connectivity index (χ2v) is 6.51. The minimum Gasteiger partial charge on any atom is -0.493 e. The van der Waals surface area contributed by atoms with Crippen LogP contribution in [0.25, 0.3) is 0 Å². The summed E-state index contributed by atoms with van der Waals surface area (Å²) >= 11 is 6.13. The Morgan fingerprint density at radius 1 is 1.17 bits per heavy atom. The molecular weight excluding hydrogens is 413 g/mol. The van der Waals surface area contributed by atoms with Crippen molar-refractivity contribution in [3.05, 3.63) is 58.1 Å². The standard InChI is InChI=1S/C19H18ClF3N2O4/c1-25(9-11-3-5-13(6-4-11)19(21,22)23)18(27)12-7-14(20)17(15(8-12)28-2)29-10-16(24)26/h3-8H,9-10H2,1-2H3,(H2,24,26). The van der Waals surface area contributed by atoms with Gasteiger partial charge in [0.25, 0.3) is 11.8 Å². The Morgan fingerprint density at radius 2 is 1.79 bits per heavy atom. The number of ether oxygens (including phenoxy) is 2. The third-order valence-electron chi connectivity index (χ3n) is 3.88. The number of alkyl halides is 3. The number of amides is 2. The molecule has 2 rings (SSSR count). The quantitative estimate of drug-likeness (QED) is 0.729. The van der Waals surface area contributed by atoms with E-state index in [2.05, 4.69) is 0 Å². The van der Waals surface area contributed by atoms with Crippen molar-refractivity contribution in [2.45, 2.75) is 12.7 Å². The van der Waals surface area contributed by atoms with E-state index in [1.54, 1.807) is 0 Å². The van der Waals surface area contributed by atoms with Crippen molar-refractivity contribution >= 4 is 23.4 Å². The van der Waals surface area contributed by atoms with E-state index in [0.717, 1.165) is 12.1 Å². The first-order chi connectivity index (χ1) is 13.5. The van der Waals surface area contributed by atoms with Crippen molar-refractivity contribution in [3.63, 3.8) is 0 Å². The van der Waals surface area contributed by atoms with Crippen LogP contribution in [0.5, 0.6) is 11.5 Å². The van der Waals surface area contributed by atoms with E-state index >= 15 is 0 Å². The summed E-state index contributed by atoms with van der Waals surface area (Å²) in [5.74, 6) is -0.953. The molecule has 2 N–H and O–H groups in total. The van der Waals surface area contributed by atoms with Gasteiger partial charge in [0.1, 0.15) is 0 Å². The molecule has 0 saturated heterocycles. The number of primary amides is 1. The molecule has 0 fully saturated rings. The summed E-state index contributed by atoms with van der Waals surface area (Å²) in [6.07, 6.45) is -4.42. The van der Waals surface area contributed by atoms with E-state index in [0.29, 0.717) is 5.56 Å². The van der Waals surface area contributed by atoms with Gasteiger partial charge in [-0.3, -0.25) is 9.59 Å². The first-order valence-corrected chi connectivity index (χ1v) is 8.61. The summed E-state index contributed by atoms with van der Waals surface area (Å²) in [4.78, 5) is 24.9. The number of nitrogens with zero attached hydrogens (tertiary/aromatic N) is 1. The highest BCUT2D eigenvalue weighted by Crippen LogP contribution is 2.37. The number of methoxy groups -OCH3 is 1. The number of carbonyl (C=O) groups is 2. The molecule has 6 nitrogen and oxygen atoms in total. The number of carbonyl (C=O) groups excluding carboxylic acids is 2. The van der Waals surface area contributed by atoms with E-state index in [-0.39, 0.29) is 28.6 Å². The van der Waals surface area contributed by atoms with E-state index in [1.165, 1.54) is 43.3 Å². The minimum atomic E-state index is -4.42. The normalized spacial score (nSPS) is 11.1. The van der Waals surface area contributed by atoms with Gasteiger partial charge in [0, 0.05) is 19.2 Å². The van der Waals surface area contributed by atoms with Crippen LogP contribution in [-0.2, 0) is 17.5 Å². The maximum absolute atomic E-state index is 12.7. The highest BCUT2D eigenvalue weighted by molar-refractivity contribution is 6.32. The second kappa shape index (κ2) is 9.04. The molecule has 0 atom stereocenters. The molecule has 0 radical (unpaired) electrons. The van der Waals surface area contributed by atoms with Gasteiger partial charge in [-0.1, -0.05) is 23.7 Å². The maximum Gasteiger partial charge on any atom is 0.416 e. The van der Waals surface area contributed by atoms with Crippen molar-refractivity contribution < 1.29 is 32.2 Å². The van der Waals surface area contributed by atoms with E-state index < -0.39 is 30.2 Å². The van der Waals surface area contributed by atoms with Crippen LogP contribution in [0.1, 0.15) is 21.5 Å². The third-order valence-corrected chi connectivity index (χ3v) is 4.16. The first kappa shape index (κ1) is 22.4. The first-order valence-electron chi connectivity index (χ1n) is 8.23. The molecule has 0 aliphatic rings. The van der Waals surface area contributed by atoms with Gasteiger partial charge in [-0.2, -0.15) is 13.2 Å². The topological polar surface area (TPSA) is 81.9 Å². The van der Waals surface area contributed by atoms with Gasteiger partial charge in [-0.15, -0.1) is 0 Å². The van der Waals surface area contributed by atoms with E-state index in [9.17, 15) is 22.8 Å². The summed E-state index contributed by atoms with van der Waals surface area (Å²) in [5.41, 5.74) is 4.97. The van der Waals surface area contributed by atoms with Crippen LogP contribution in [0.3, 0.4) is 0 Å². The Hall–Kier alpha value is -2.94. The average Bonchev–Trinajstić information content (AvgIpc) is 2.65. The summed E-state index contributed by atoms with van der Waals surface area (Å²) < 4.78 is 48.3. The number of hydrogen-bond acceptors (Lipinski definition) is 4. The second-order valence-electron chi connectivity index (χ2n) is 6.10. The highest BCUT2D eigenvalue weighted by atomic mass is 35.5. The van der Waals surface area contributed by atoms with Gasteiger partial charge >= 0.3 is 6.18 Å². The Bertz CT molecular complexity index is 902. The van der Waals surface area contributed by atoms with Crippen LogP contribution in [0, 0.1) is 0 Å². The number of nitrogens with two attached hydrogens (primary N) is 1. The molecule has 10 heteroatoms. The smallest absolute Gasteiger partial charge is 0.416 e. The van der Waals surface area contributed by atoms with Crippen molar-refractivity contribution in [3.8, 4) is 11.5 Å². The van der Waals surface area contributed by atoms with Crippen LogP contribution in [0.4, 0.5) is 13.2 Å². The number of benzene rings is 2. The molecule has 2 aromatic rings. The third kappa shape index (κ3) is 5.77. The molecule has 0 saturated carbocycles. The molecule has 0 bridgehead atoms. The number of rotatable bonds is 7. The largest absolute Gasteiger partial charge is 0.493 e. The van der Waals surface area contributed by atoms with Crippen molar-refractivity contribution in [2.24, 2.45) is 5.73 Å². The molecule has 2 amide bonds. The Morgan fingerprint density at radius 3 is 2.31 bits per heavy atom. The number of halogens is 4. The van der Waals surface area contributed by atoms with Gasteiger partial charge in [0.2, 0.25) is 0 Å². The highest BCUT2D eigenvalue weighted by Gasteiger charge is 2.30. The lowest BCUT2D eigenvalue weighted by molar-refractivity contribution is -0.137. The summed E-state index contributed by atoms with van der Waals surface area (Å²) in [5, 5.41) is 0.0388. The molecule has 29 heavy (non-hydrogen) atoms. The minimum absolute atomic E-state index is 0.0388. The van der Waals surface area contributed by atoms with Crippen LogP contribution in [0.15, 0.2) is 36.4 Å². The molecule has 156 valence electrons. The van der Waals surface area contributed by atoms with Crippen molar-refractivity contribution in [1.82, 2.24) is 4.90 Å². The molecule has 0 aliphatic heterocycles. The van der Waals surface area contributed by atoms with Crippen molar-refractivity contribution in [2.75, 3.05) is 20.8 Å². The fraction of sp³-hybridized carbons (Fsp3) is 0.263. The summed E-state index contributed by atoms with van der Waals surface area (Å²) in [6, 6.07) is 7.25. The van der Waals surface area contributed by atoms with Gasteiger partial charge in [0.05, 0.1) is 17.7 Å². The molecule has 0 unspecified atom stereocenters. The maximum atomic E-state index is 12.7. The van der Waals surface area contributed by atoms with Crippen LogP contribution in [0.2, 0.25) is 5.02 Å². The zero-order valence-electron chi connectivity index (χ0n) is 15.5. The molecular formula is C19H18ClF3N2O4. The lowest BCUT2D eigenvalue weighted by Gasteiger charge is -2.19. The fourth-order valence-electron chi connectivity index (χ4n) is 2.49. The van der Waals surface area contributed by atoms with Crippen molar-refractivity contribution in [1.29, 1.82) is 0 Å². The Labute approximate surface area is 169 Å². The number of hydrogen-bond donors (Lipinski definition) is 1. The van der Waals surface area contributed by atoms with Gasteiger partial charge in [-0.25, -0.2) is 0 Å². The van der Waals surface area contributed by atoms with Gasteiger partial charge in [-0.05, 0) is 29.8 Å². The van der Waals surface area contributed by atoms with Gasteiger partial charge in [0.15, 0.2) is 18.1 Å². The zero-order chi connectivity index (χ0) is 21.8. The zero-order valence-corrected chi connectivity index (χ0v) is 16.3. The monoisotopic (exact) mass is 430 g/mol. The molecule has 0 aliphatic carbocycles. The summed E-state index contributed by atoms with van der Waals surface area (Å²) in [7, 11) is 2.83. The van der Waals surface area contributed by atoms with Gasteiger partial charge < -0.3 is 20.1 Å². The lowest BCUT2D eigenvalue weighted by atomic mass is 10.1. The van der Waals surface area contributed by atoms with Crippen LogP contribution in [-0.4, -0.2) is 37.5 Å². The predicted molar refractivity (Wildman–Crippen MR) is 99.9 cm³/mol.